The summed E-state index contributed by atoms with van der Waals surface area (Å²) in [6, 6.07) is 19.3. The standard InChI is InChI=1S/C24H22N2O4S/c1-3-14-26-22-13-10-18(24(27)25-16-17-8-11-19(30-2)12-9-17)15-21(22)20-6-4-5-7-23(20)31(26,28)29/h3-13,15H,1,14,16H2,2H3,(H,25,27). The Morgan fingerprint density at radius 3 is 2.52 bits per heavy atom. The molecule has 0 saturated carbocycles. The molecule has 0 unspecified atom stereocenters. The van der Waals surface area contributed by atoms with Gasteiger partial charge >= 0.3 is 0 Å². The molecule has 1 aliphatic heterocycles. The number of hydrogen-bond acceptors (Lipinski definition) is 4. The van der Waals surface area contributed by atoms with E-state index in [0.29, 0.717) is 28.9 Å². The molecule has 0 aromatic heterocycles. The van der Waals surface area contributed by atoms with Crippen LogP contribution in [0.5, 0.6) is 5.75 Å². The highest BCUT2D eigenvalue weighted by Gasteiger charge is 2.34. The van der Waals surface area contributed by atoms with E-state index in [2.05, 4.69) is 11.9 Å². The summed E-state index contributed by atoms with van der Waals surface area (Å²) < 4.78 is 32.6. The lowest BCUT2D eigenvalue weighted by atomic mass is 10.00. The van der Waals surface area contributed by atoms with Crippen LogP contribution in [-0.2, 0) is 16.6 Å². The van der Waals surface area contributed by atoms with Crippen molar-refractivity contribution in [1.82, 2.24) is 5.32 Å². The average Bonchev–Trinajstić information content (AvgIpc) is 2.80. The number of ether oxygens (including phenoxy) is 1. The largest absolute Gasteiger partial charge is 0.497 e. The third-order valence-electron chi connectivity index (χ3n) is 5.18. The van der Waals surface area contributed by atoms with Gasteiger partial charge in [0, 0.05) is 23.2 Å². The first-order chi connectivity index (χ1) is 15.0. The molecule has 1 heterocycles. The van der Waals surface area contributed by atoms with Gasteiger partial charge in [0.15, 0.2) is 0 Å². The molecule has 1 amide bonds. The number of hydrogen-bond donors (Lipinski definition) is 1. The number of methoxy groups -OCH3 is 1. The molecule has 158 valence electrons. The Hall–Kier alpha value is -3.58. The van der Waals surface area contributed by atoms with Gasteiger partial charge in [0.25, 0.3) is 15.9 Å². The van der Waals surface area contributed by atoms with E-state index in [1.165, 1.54) is 4.31 Å². The second kappa shape index (κ2) is 8.28. The lowest BCUT2D eigenvalue weighted by Gasteiger charge is -2.31. The first-order valence-electron chi connectivity index (χ1n) is 9.74. The first kappa shape index (κ1) is 20.7. The van der Waals surface area contributed by atoms with Crippen molar-refractivity contribution in [2.24, 2.45) is 0 Å². The number of rotatable bonds is 6. The molecule has 4 rings (SSSR count). The minimum Gasteiger partial charge on any atom is -0.497 e. The normalized spacial score (nSPS) is 13.6. The fourth-order valence-corrected chi connectivity index (χ4v) is 5.28. The molecule has 0 spiro atoms. The molecule has 0 radical (unpaired) electrons. The van der Waals surface area contributed by atoms with E-state index in [0.717, 1.165) is 11.3 Å². The minimum atomic E-state index is -3.69. The van der Waals surface area contributed by atoms with Crippen LogP contribution < -0.4 is 14.4 Å². The minimum absolute atomic E-state index is 0.146. The maximum absolute atomic E-state index is 13.1. The molecular formula is C24H22N2O4S. The monoisotopic (exact) mass is 434 g/mol. The van der Waals surface area contributed by atoms with Crippen LogP contribution in [0.3, 0.4) is 0 Å². The van der Waals surface area contributed by atoms with Crippen LogP contribution in [0, 0.1) is 0 Å². The number of benzene rings is 3. The summed E-state index contributed by atoms with van der Waals surface area (Å²) >= 11 is 0. The molecular weight excluding hydrogens is 412 g/mol. The third-order valence-corrected chi connectivity index (χ3v) is 7.02. The highest BCUT2D eigenvalue weighted by molar-refractivity contribution is 7.93. The van der Waals surface area contributed by atoms with E-state index < -0.39 is 10.0 Å². The first-order valence-corrected chi connectivity index (χ1v) is 11.2. The molecule has 0 fully saturated rings. The number of nitrogens with one attached hydrogen (secondary N) is 1. The molecule has 0 saturated heterocycles. The van der Waals surface area contributed by atoms with Gasteiger partial charge < -0.3 is 10.1 Å². The lowest BCUT2D eigenvalue weighted by Crippen LogP contribution is -2.34. The van der Waals surface area contributed by atoms with E-state index in [4.69, 9.17) is 4.74 Å². The van der Waals surface area contributed by atoms with E-state index in [1.54, 1.807) is 55.7 Å². The Kier molecular flexibility index (Phi) is 5.52. The quantitative estimate of drug-likeness (QED) is 0.596. The Labute approximate surface area is 181 Å². The summed E-state index contributed by atoms with van der Waals surface area (Å²) in [6.45, 7) is 4.19. The molecule has 3 aromatic rings. The average molecular weight is 435 g/mol. The molecule has 1 N–H and O–H groups in total. The van der Waals surface area contributed by atoms with Gasteiger partial charge in [-0.3, -0.25) is 9.10 Å². The van der Waals surface area contributed by atoms with Crippen LogP contribution in [-0.4, -0.2) is 28.0 Å². The molecule has 7 heteroatoms. The van der Waals surface area contributed by atoms with Crippen molar-refractivity contribution in [3.05, 3.63) is 90.5 Å². The maximum atomic E-state index is 13.1. The van der Waals surface area contributed by atoms with Gasteiger partial charge in [-0.05, 0) is 42.0 Å². The van der Waals surface area contributed by atoms with E-state index in [1.807, 2.05) is 24.3 Å². The summed E-state index contributed by atoms with van der Waals surface area (Å²) in [5, 5.41) is 2.91. The SMILES string of the molecule is C=CCN1c2ccc(C(=O)NCc3ccc(OC)cc3)cc2-c2ccccc2S1(=O)=O. The van der Waals surface area contributed by atoms with Gasteiger partial charge in [-0.15, -0.1) is 6.58 Å². The Balaban J connectivity index is 1.65. The van der Waals surface area contributed by atoms with Crippen LogP contribution in [0.2, 0.25) is 0 Å². The van der Waals surface area contributed by atoms with Gasteiger partial charge in [-0.1, -0.05) is 36.4 Å². The number of nitrogens with zero attached hydrogens (tertiary/aromatic N) is 1. The van der Waals surface area contributed by atoms with Crippen LogP contribution in [0.15, 0.2) is 84.3 Å². The van der Waals surface area contributed by atoms with E-state index in [9.17, 15) is 13.2 Å². The van der Waals surface area contributed by atoms with Gasteiger partial charge in [0.1, 0.15) is 5.75 Å². The van der Waals surface area contributed by atoms with Crippen LogP contribution in [0.4, 0.5) is 5.69 Å². The fraction of sp³-hybridized carbons (Fsp3) is 0.125. The summed E-state index contributed by atoms with van der Waals surface area (Å²) in [6.07, 6.45) is 1.55. The fourth-order valence-electron chi connectivity index (χ4n) is 3.61. The maximum Gasteiger partial charge on any atom is 0.265 e. The number of fused-ring (bicyclic) bond motifs is 3. The van der Waals surface area contributed by atoms with Gasteiger partial charge in [0.2, 0.25) is 0 Å². The van der Waals surface area contributed by atoms with E-state index >= 15 is 0 Å². The van der Waals surface area contributed by atoms with Crippen molar-refractivity contribution < 1.29 is 17.9 Å². The summed E-state index contributed by atoms with van der Waals surface area (Å²) in [5.41, 5.74) is 3.22. The van der Waals surface area contributed by atoms with Crippen LogP contribution in [0.25, 0.3) is 11.1 Å². The molecule has 0 atom stereocenters. The summed E-state index contributed by atoms with van der Waals surface area (Å²) in [7, 11) is -2.09. The molecule has 6 nitrogen and oxygen atoms in total. The number of anilines is 1. The zero-order valence-electron chi connectivity index (χ0n) is 17.0. The van der Waals surface area contributed by atoms with Crippen molar-refractivity contribution >= 4 is 21.6 Å². The predicted molar refractivity (Wildman–Crippen MR) is 121 cm³/mol. The van der Waals surface area contributed by atoms with Crippen LogP contribution >= 0.6 is 0 Å². The number of amides is 1. The third kappa shape index (κ3) is 3.80. The van der Waals surface area contributed by atoms with Crippen molar-refractivity contribution in [3.63, 3.8) is 0 Å². The van der Waals surface area contributed by atoms with Crippen LogP contribution in [0.1, 0.15) is 15.9 Å². The number of sulfonamides is 1. The summed E-state index contributed by atoms with van der Waals surface area (Å²) in [4.78, 5) is 13.0. The Morgan fingerprint density at radius 2 is 1.81 bits per heavy atom. The predicted octanol–water partition coefficient (Wildman–Crippen LogP) is 3.99. The van der Waals surface area contributed by atoms with Crippen molar-refractivity contribution in [2.75, 3.05) is 18.0 Å². The Bertz CT molecular complexity index is 1250. The molecule has 0 bridgehead atoms. The van der Waals surface area contributed by atoms with Gasteiger partial charge in [-0.2, -0.15) is 0 Å². The molecule has 0 aliphatic carbocycles. The number of carbonyl (C=O) groups is 1. The molecule has 1 aliphatic rings. The lowest BCUT2D eigenvalue weighted by molar-refractivity contribution is 0.0951. The zero-order chi connectivity index (χ0) is 22.0. The number of carbonyl (C=O) groups excluding carboxylic acids is 1. The second-order valence-corrected chi connectivity index (χ2v) is 8.91. The molecule has 31 heavy (non-hydrogen) atoms. The second-order valence-electron chi connectivity index (χ2n) is 7.08. The van der Waals surface area contributed by atoms with Gasteiger partial charge in [-0.25, -0.2) is 8.42 Å². The van der Waals surface area contributed by atoms with Crippen molar-refractivity contribution in [1.29, 1.82) is 0 Å². The highest BCUT2D eigenvalue weighted by Crippen LogP contribution is 2.43. The van der Waals surface area contributed by atoms with E-state index in [-0.39, 0.29) is 17.3 Å². The Morgan fingerprint density at radius 1 is 1.06 bits per heavy atom. The van der Waals surface area contributed by atoms with Gasteiger partial charge in [0.05, 0.1) is 24.2 Å². The smallest absolute Gasteiger partial charge is 0.265 e. The molecule has 3 aromatic carbocycles. The van der Waals surface area contributed by atoms with Crippen molar-refractivity contribution in [3.8, 4) is 16.9 Å². The summed E-state index contributed by atoms with van der Waals surface area (Å²) in [5.74, 6) is 0.516. The zero-order valence-corrected chi connectivity index (χ0v) is 17.9. The topological polar surface area (TPSA) is 75.7 Å². The van der Waals surface area contributed by atoms with Crippen molar-refractivity contribution in [2.45, 2.75) is 11.4 Å². The highest BCUT2D eigenvalue weighted by atomic mass is 32.2.